The fourth-order valence-corrected chi connectivity index (χ4v) is 5.51. The number of aromatic nitrogens is 4. The minimum absolute atomic E-state index is 0.149. The van der Waals surface area contributed by atoms with Gasteiger partial charge in [0.25, 0.3) is 0 Å². The number of piperidine rings is 2. The van der Waals surface area contributed by atoms with Crippen LogP contribution in [0.3, 0.4) is 0 Å². The number of anilines is 1. The lowest BCUT2D eigenvalue weighted by atomic mass is 9.81. The van der Waals surface area contributed by atoms with E-state index < -0.39 is 0 Å². The molecule has 4 heterocycles. The van der Waals surface area contributed by atoms with Crippen LogP contribution in [-0.4, -0.2) is 68.0 Å². The highest BCUT2D eigenvalue weighted by Crippen LogP contribution is 2.37. The summed E-state index contributed by atoms with van der Waals surface area (Å²) in [6, 6.07) is 10.2. The lowest BCUT2D eigenvalue weighted by Gasteiger charge is -2.50. The number of phenolic OH excluding ortho intramolecular Hbond substituents is 1. The van der Waals surface area contributed by atoms with Crippen LogP contribution in [0.1, 0.15) is 38.5 Å². The van der Waals surface area contributed by atoms with Crippen LogP contribution in [0.4, 0.5) is 5.82 Å². The molecular formula is C25H31N7O2. The first kappa shape index (κ1) is 22.3. The molecule has 178 valence electrons. The Morgan fingerprint density at radius 3 is 2.59 bits per heavy atom. The van der Waals surface area contributed by atoms with Crippen LogP contribution in [0, 0.1) is 0 Å². The average Bonchev–Trinajstić information content (AvgIpc) is 3.38. The summed E-state index contributed by atoms with van der Waals surface area (Å²) in [6.07, 6.45) is 9.07. The molecule has 2 bridgehead atoms. The zero-order valence-corrected chi connectivity index (χ0v) is 19.4. The highest BCUT2D eigenvalue weighted by molar-refractivity contribution is 5.77. The third-order valence-corrected chi connectivity index (χ3v) is 7.26. The van der Waals surface area contributed by atoms with Gasteiger partial charge in [-0.05, 0) is 61.9 Å². The van der Waals surface area contributed by atoms with Gasteiger partial charge >= 0.3 is 0 Å². The topological polar surface area (TPSA) is 124 Å². The highest BCUT2D eigenvalue weighted by Gasteiger charge is 2.41. The quantitative estimate of drug-likeness (QED) is 0.515. The molecule has 0 spiro atoms. The van der Waals surface area contributed by atoms with Crippen molar-refractivity contribution in [2.75, 3.05) is 18.5 Å². The fraction of sp³-hybridized carbons (Fsp3) is 0.440. The zero-order valence-electron chi connectivity index (χ0n) is 19.4. The third-order valence-electron chi connectivity index (χ3n) is 7.26. The summed E-state index contributed by atoms with van der Waals surface area (Å²) < 4.78 is 0. The van der Waals surface area contributed by atoms with Crippen LogP contribution < -0.4 is 10.6 Å². The molecule has 34 heavy (non-hydrogen) atoms. The number of nitrogens with two attached hydrogens (primary N) is 1. The molecular weight excluding hydrogens is 430 g/mol. The van der Waals surface area contributed by atoms with Crippen LogP contribution >= 0.6 is 0 Å². The predicted molar refractivity (Wildman–Crippen MR) is 130 cm³/mol. The second kappa shape index (κ2) is 9.42. The SMILES string of the molecule is CN(c1ccc(-c2ccc(-c3cn[nH]c3)cc2O)nn1)C1C[C@H]2CCC[C@@H](C1)N2C(=O)CCN. The number of hydrogen-bond acceptors (Lipinski definition) is 7. The van der Waals surface area contributed by atoms with Gasteiger partial charge in [0.1, 0.15) is 5.75 Å². The Morgan fingerprint density at radius 1 is 1.18 bits per heavy atom. The number of phenols is 1. The summed E-state index contributed by atoms with van der Waals surface area (Å²) in [5.74, 6) is 1.14. The third kappa shape index (κ3) is 4.23. The number of carbonyl (C=O) groups excluding carboxylic acids is 1. The number of benzene rings is 1. The Bertz CT molecular complexity index is 1120. The molecule has 0 radical (unpaired) electrons. The number of rotatable bonds is 6. The minimum atomic E-state index is 0.149. The summed E-state index contributed by atoms with van der Waals surface area (Å²) in [4.78, 5) is 16.9. The number of aromatic amines is 1. The lowest BCUT2D eigenvalue weighted by molar-refractivity contribution is -0.140. The van der Waals surface area contributed by atoms with Crippen LogP contribution in [0.5, 0.6) is 5.75 Å². The number of amides is 1. The Kier molecular flexibility index (Phi) is 6.19. The van der Waals surface area contributed by atoms with Crippen molar-refractivity contribution in [1.29, 1.82) is 0 Å². The monoisotopic (exact) mass is 461 g/mol. The molecule has 5 rings (SSSR count). The summed E-state index contributed by atoms with van der Waals surface area (Å²) >= 11 is 0. The van der Waals surface area contributed by atoms with Crippen molar-refractivity contribution in [3.63, 3.8) is 0 Å². The Hall–Kier alpha value is -3.46. The molecule has 2 aliphatic rings. The highest BCUT2D eigenvalue weighted by atomic mass is 16.3. The van der Waals surface area contributed by atoms with Gasteiger partial charge < -0.3 is 20.6 Å². The van der Waals surface area contributed by atoms with E-state index in [-0.39, 0.29) is 23.7 Å². The molecule has 1 aromatic carbocycles. The molecule has 0 saturated carbocycles. The van der Waals surface area contributed by atoms with E-state index >= 15 is 0 Å². The standard InChI is InChI=1S/C25H31N7O2/c1-31(20-12-18-3-2-4-19(13-20)32(18)25(34)9-10-26)24-8-7-22(29-30-24)21-6-5-16(11-23(21)33)17-14-27-28-15-17/h5-8,11,14-15,18-20,33H,2-4,9-10,12-13,26H2,1H3,(H,27,28)/t18-,19+,20?. The van der Waals surface area contributed by atoms with Gasteiger partial charge in [0.05, 0.1) is 11.9 Å². The lowest BCUT2D eigenvalue weighted by Crippen LogP contribution is -2.58. The maximum absolute atomic E-state index is 12.6. The molecule has 2 aliphatic heterocycles. The van der Waals surface area contributed by atoms with Crippen molar-refractivity contribution in [3.8, 4) is 28.1 Å². The molecule has 2 aromatic heterocycles. The van der Waals surface area contributed by atoms with E-state index in [2.05, 4.69) is 37.2 Å². The first-order chi connectivity index (χ1) is 16.5. The number of aromatic hydroxyl groups is 1. The molecule has 9 nitrogen and oxygen atoms in total. The van der Waals surface area contributed by atoms with Crippen LogP contribution in [0.2, 0.25) is 0 Å². The maximum atomic E-state index is 12.6. The normalized spacial score (nSPS) is 21.9. The molecule has 1 amide bonds. The van der Waals surface area contributed by atoms with E-state index in [1.165, 1.54) is 6.42 Å². The molecule has 2 saturated heterocycles. The largest absolute Gasteiger partial charge is 0.507 e. The summed E-state index contributed by atoms with van der Waals surface area (Å²) in [7, 11) is 2.05. The van der Waals surface area contributed by atoms with Gasteiger partial charge in [-0.3, -0.25) is 9.89 Å². The number of nitrogens with zero attached hydrogens (tertiary/aromatic N) is 5. The van der Waals surface area contributed by atoms with Crippen molar-refractivity contribution in [1.82, 2.24) is 25.3 Å². The van der Waals surface area contributed by atoms with Crippen LogP contribution in [0.25, 0.3) is 22.4 Å². The Labute approximate surface area is 199 Å². The first-order valence-corrected chi connectivity index (χ1v) is 12.0. The van der Waals surface area contributed by atoms with E-state index in [4.69, 9.17) is 5.73 Å². The van der Waals surface area contributed by atoms with Gasteiger partial charge in [0, 0.05) is 55.5 Å². The molecule has 1 unspecified atom stereocenters. The second-order valence-corrected chi connectivity index (χ2v) is 9.31. The number of carbonyl (C=O) groups is 1. The number of nitrogens with one attached hydrogen (secondary N) is 1. The minimum Gasteiger partial charge on any atom is -0.507 e. The van der Waals surface area contributed by atoms with Gasteiger partial charge in [-0.2, -0.15) is 5.10 Å². The van der Waals surface area contributed by atoms with E-state index in [1.807, 2.05) is 24.3 Å². The van der Waals surface area contributed by atoms with Gasteiger partial charge in [-0.15, -0.1) is 10.2 Å². The smallest absolute Gasteiger partial charge is 0.224 e. The first-order valence-electron chi connectivity index (χ1n) is 12.0. The van der Waals surface area contributed by atoms with Gasteiger partial charge in [0.15, 0.2) is 5.82 Å². The molecule has 4 N–H and O–H groups in total. The summed E-state index contributed by atoms with van der Waals surface area (Å²) in [5.41, 5.74) is 8.68. The molecule has 9 heteroatoms. The van der Waals surface area contributed by atoms with Gasteiger partial charge in [0.2, 0.25) is 5.91 Å². The predicted octanol–water partition coefficient (Wildman–Crippen LogP) is 2.94. The average molecular weight is 462 g/mol. The molecule has 3 atom stereocenters. The van der Waals surface area contributed by atoms with Crippen LogP contribution in [-0.2, 0) is 4.79 Å². The Morgan fingerprint density at radius 2 is 1.97 bits per heavy atom. The molecule has 3 aromatic rings. The zero-order chi connectivity index (χ0) is 23.7. The Balaban J connectivity index is 1.30. The molecule has 2 fully saturated rings. The van der Waals surface area contributed by atoms with Crippen molar-refractivity contribution in [3.05, 3.63) is 42.7 Å². The second-order valence-electron chi connectivity index (χ2n) is 9.31. The number of fused-ring (bicyclic) bond motifs is 2. The number of hydrogen-bond donors (Lipinski definition) is 3. The van der Waals surface area contributed by atoms with Crippen molar-refractivity contribution in [2.45, 2.75) is 56.7 Å². The van der Waals surface area contributed by atoms with Crippen LogP contribution in [0.15, 0.2) is 42.7 Å². The van der Waals surface area contributed by atoms with Gasteiger partial charge in [-0.1, -0.05) is 6.07 Å². The summed E-state index contributed by atoms with van der Waals surface area (Å²) in [6.45, 7) is 0.404. The summed E-state index contributed by atoms with van der Waals surface area (Å²) in [5, 5.41) is 26.2. The van der Waals surface area contributed by atoms with Crippen molar-refractivity contribution in [2.24, 2.45) is 5.73 Å². The fourth-order valence-electron chi connectivity index (χ4n) is 5.51. The number of H-pyrrole nitrogens is 1. The van der Waals surface area contributed by atoms with Crippen molar-refractivity contribution < 1.29 is 9.90 Å². The van der Waals surface area contributed by atoms with E-state index in [0.717, 1.165) is 42.6 Å². The van der Waals surface area contributed by atoms with E-state index in [0.29, 0.717) is 30.3 Å². The van der Waals surface area contributed by atoms with Gasteiger partial charge in [-0.25, -0.2) is 0 Å². The maximum Gasteiger partial charge on any atom is 0.224 e. The van der Waals surface area contributed by atoms with E-state index in [9.17, 15) is 9.90 Å². The van der Waals surface area contributed by atoms with Crippen molar-refractivity contribution >= 4 is 11.7 Å². The molecule has 0 aliphatic carbocycles. The van der Waals surface area contributed by atoms with E-state index in [1.54, 1.807) is 18.5 Å².